The van der Waals surface area contributed by atoms with E-state index in [9.17, 15) is 4.39 Å². The third kappa shape index (κ3) is 3.29. The SMILES string of the molecule is CCOc1ccc(-c2ccc(-c3ccc(C)cc3)cc2)c(F)c1Cl. The highest BCUT2D eigenvalue weighted by atomic mass is 35.5. The van der Waals surface area contributed by atoms with Crippen LogP contribution in [-0.2, 0) is 0 Å². The molecule has 0 spiro atoms. The van der Waals surface area contributed by atoms with Crippen LogP contribution in [0.5, 0.6) is 5.75 Å². The van der Waals surface area contributed by atoms with E-state index in [-0.39, 0.29) is 5.02 Å². The summed E-state index contributed by atoms with van der Waals surface area (Å²) in [6, 6.07) is 19.5. The molecule has 0 unspecified atom stereocenters. The first kappa shape index (κ1) is 16.5. The van der Waals surface area contributed by atoms with E-state index in [4.69, 9.17) is 16.3 Å². The first-order valence-electron chi connectivity index (χ1n) is 7.88. The topological polar surface area (TPSA) is 9.23 Å². The molecule has 0 N–H and O–H groups in total. The molecule has 1 nitrogen and oxygen atoms in total. The summed E-state index contributed by atoms with van der Waals surface area (Å²) in [5.41, 5.74) is 4.71. The molecule has 0 fully saturated rings. The van der Waals surface area contributed by atoms with Gasteiger partial charge in [0, 0.05) is 5.56 Å². The smallest absolute Gasteiger partial charge is 0.153 e. The average Bonchev–Trinajstić information content (AvgIpc) is 2.60. The van der Waals surface area contributed by atoms with E-state index in [1.54, 1.807) is 12.1 Å². The fourth-order valence-electron chi connectivity index (χ4n) is 2.61. The van der Waals surface area contributed by atoms with Crippen LogP contribution in [-0.4, -0.2) is 6.61 Å². The van der Waals surface area contributed by atoms with Crippen molar-refractivity contribution >= 4 is 11.6 Å². The van der Waals surface area contributed by atoms with Crippen molar-refractivity contribution in [3.8, 4) is 28.0 Å². The van der Waals surface area contributed by atoms with Gasteiger partial charge in [-0.25, -0.2) is 4.39 Å². The predicted molar refractivity (Wildman–Crippen MR) is 98.2 cm³/mol. The average molecular weight is 341 g/mol. The zero-order valence-electron chi connectivity index (χ0n) is 13.6. The van der Waals surface area contributed by atoms with Gasteiger partial charge in [0.25, 0.3) is 0 Å². The lowest BCUT2D eigenvalue weighted by atomic mass is 9.99. The molecule has 3 aromatic carbocycles. The summed E-state index contributed by atoms with van der Waals surface area (Å²) < 4.78 is 19.9. The van der Waals surface area contributed by atoms with Gasteiger partial charge in [-0.1, -0.05) is 65.7 Å². The number of ether oxygens (including phenoxy) is 1. The molecule has 122 valence electrons. The molecular formula is C21H18ClFO. The standard InChI is InChI=1S/C21H18ClFO/c1-3-24-19-13-12-18(21(23)20(19)22)17-10-8-16(9-11-17)15-6-4-14(2)5-7-15/h4-13H,3H2,1-2H3. The van der Waals surface area contributed by atoms with Gasteiger partial charge in [-0.2, -0.15) is 0 Å². The second kappa shape index (κ2) is 7.06. The van der Waals surface area contributed by atoms with E-state index in [1.807, 2.05) is 31.2 Å². The van der Waals surface area contributed by atoms with E-state index in [0.29, 0.717) is 17.9 Å². The first-order chi connectivity index (χ1) is 11.6. The van der Waals surface area contributed by atoms with Crippen LogP contribution in [0.15, 0.2) is 60.7 Å². The van der Waals surface area contributed by atoms with Crippen molar-refractivity contribution in [3.63, 3.8) is 0 Å². The maximum absolute atomic E-state index is 14.5. The summed E-state index contributed by atoms with van der Waals surface area (Å²) in [6.45, 7) is 4.35. The molecule has 0 aromatic heterocycles. The van der Waals surface area contributed by atoms with Crippen molar-refractivity contribution in [1.82, 2.24) is 0 Å². The molecule has 0 bridgehead atoms. The highest BCUT2D eigenvalue weighted by Gasteiger charge is 2.14. The molecular weight excluding hydrogens is 323 g/mol. The molecule has 24 heavy (non-hydrogen) atoms. The summed E-state index contributed by atoms with van der Waals surface area (Å²) in [5, 5.41) is 0.0250. The van der Waals surface area contributed by atoms with E-state index in [1.165, 1.54) is 5.56 Å². The number of hydrogen-bond donors (Lipinski definition) is 0. The fourth-order valence-corrected chi connectivity index (χ4v) is 2.83. The molecule has 0 radical (unpaired) electrons. The van der Waals surface area contributed by atoms with Gasteiger partial charge in [-0.3, -0.25) is 0 Å². The van der Waals surface area contributed by atoms with E-state index in [0.717, 1.165) is 16.7 Å². The lowest BCUT2D eigenvalue weighted by Gasteiger charge is -2.11. The Morgan fingerprint density at radius 2 is 1.38 bits per heavy atom. The number of aryl methyl sites for hydroxylation is 1. The van der Waals surface area contributed by atoms with E-state index < -0.39 is 5.82 Å². The Kier molecular flexibility index (Phi) is 4.86. The van der Waals surface area contributed by atoms with Gasteiger partial charge in [-0.05, 0) is 42.7 Å². The first-order valence-corrected chi connectivity index (χ1v) is 8.26. The Morgan fingerprint density at radius 1 is 0.833 bits per heavy atom. The van der Waals surface area contributed by atoms with Crippen LogP contribution >= 0.6 is 11.6 Å². The van der Waals surface area contributed by atoms with Crippen LogP contribution in [0.3, 0.4) is 0 Å². The molecule has 0 aliphatic heterocycles. The van der Waals surface area contributed by atoms with Crippen molar-refractivity contribution in [2.45, 2.75) is 13.8 Å². The van der Waals surface area contributed by atoms with Gasteiger partial charge in [-0.15, -0.1) is 0 Å². The van der Waals surface area contributed by atoms with Crippen molar-refractivity contribution in [3.05, 3.63) is 77.1 Å². The van der Waals surface area contributed by atoms with Crippen molar-refractivity contribution in [2.75, 3.05) is 6.61 Å². The predicted octanol–water partition coefficient (Wildman–Crippen LogP) is 6.52. The highest BCUT2D eigenvalue weighted by molar-refractivity contribution is 6.32. The van der Waals surface area contributed by atoms with Crippen molar-refractivity contribution in [1.29, 1.82) is 0 Å². The summed E-state index contributed by atoms with van der Waals surface area (Å²) in [6.07, 6.45) is 0. The quantitative estimate of drug-likeness (QED) is 0.525. The van der Waals surface area contributed by atoms with Gasteiger partial charge in [0.05, 0.1) is 6.61 Å². The molecule has 0 saturated heterocycles. The lowest BCUT2D eigenvalue weighted by Crippen LogP contribution is -1.95. The second-order valence-corrected chi connectivity index (χ2v) is 5.99. The fraction of sp³-hybridized carbons (Fsp3) is 0.143. The van der Waals surface area contributed by atoms with Gasteiger partial charge < -0.3 is 4.74 Å². The highest BCUT2D eigenvalue weighted by Crippen LogP contribution is 2.35. The van der Waals surface area contributed by atoms with E-state index in [2.05, 4.69) is 31.2 Å². The van der Waals surface area contributed by atoms with Crippen LogP contribution in [0.1, 0.15) is 12.5 Å². The van der Waals surface area contributed by atoms with Crippen molar-refractivity contribution < 1.29 is 9.13 Å². The van der Waals surface area contributed by atoms with Gasteiger partial charge in [0.1, 0.15) is 10.8 Å². The monoisotopic (exact) mass is 340 g/mol. The van der Waals surface area contributed by atoms with Gasteiger partial charge in [0.2, 0.25) is 0 Å². The zero-order chi connectivity index (χ0) is 17.1. The normalized spacial score (nSPS) is 10.7. The third-order valence-electron chi connectivity index (χ3n) is 3.93. The van der Waals surface area contributed by atoms with Gasteiger partial charge >= 0.3 is 0 Å². The largest absolute Gasteiger partial charge is 0.492 e. The molecule has 3 heteroatoms. The minimum absolute atomic E-state index is 0.0250. The molecule has 0 atom stereocenters. The van der Waals surface area contributed by atoms with Crippen LogP contribution in [0.25, 0.3) is 22.3 Å². The second-order valence-electron chi connectivity index (χ2n) is 5.62. The Balaban J connectivity index is 1.93. The molecule has 0 heterocycles. The minimum Gasteiger partial charge on any atom is -0.492 e. The summed E-state index contributed by atoms with van der Waals surface area (Å²) >= 11 is 6.07. The lowest BCUT2D eigenvalue weighted by molar-refractivity contribution is 0.338. The summed E-state index contributed by atoms with van der Waals surface area (Å²) in [7, 11) is 0. The number of hydrogen-bond acceptors (Lipinski definition) is 1. The maximum Gasteiger partial charge on any atom is 0.153 e. The molecule has 0 aliphatic carbocycles. The number of rotatable bonds is 4. The summed E-state index contributed by atoms with van der Waals surface area (Å²) in [4.78, 5) is 0. The maximum atomic E-state index is 14.5. The number of benzene rings is 3. The Bertz CT molecular complexity index is 839. The minimum atomic E-state index is -0.453. The number of halogens is 2. The van der Waals surface area contributed by atoms with E-state index >= 15 is 0 Å². The molecule has 0 saturated carbocycles. The van der Waals surface area contributed by atoms with Gasteiger partial charge in [0.15, 0.2) is 5.82 Å². The van der Waals surface area contributed by atoms with Crippen LogP contribution in [0, 0.1) is 12.7 Å². The van der Waals surface area contributed by atoms with Crippen LogP contribution in [0.2, 0.25) is 5.02 Å². The van der Waals surface area contributed by atoms with Crippen LogP contribution in [0.4, 0.5) is 4.39 Å². The Morgan fingerprint density at radius 3 is 1.96 bits per heavy atom. The van der Waals surface area contributed by atoms with Crippen molar-refractivity contribution in [2.24, 2.45) is 0 Å². The zero-order valence-corrected chi connectivity index (χ0v) is 14.4. The molecule has 3 rings (SSSR count). The third-order valence-corrected chi connectivity index (χ3v) is 4.28. The molecule has 0 aliphatic rings. The van der Waals surface area contributed by atoms with Crippen LogP contribution < -0.4 is 4.74 Å². The molecule has 3 aromatic rings. The Labute approximate surface area is 146 Å². The Hall–Kier alpha value is -2.32. The molecule has 0 amide bonds. The summed E-state index contributed by atoms with van der Waals surface area (Å²) in [5.74, 6) is -0.0811.